The number of rotatable bonds is 4. The maximum atomic E-state index is 9.84. The van der Waals surface area contributed by atoms with E-state index in [1.54, 1.807) is 5.57 Å². The third kappa shape index (κ3) is 3.10. The fraction of sp³-hybridized carbons (Fsp3) is 0.867. The van der Waals surface area contributed by atoms with Gasteiger partial charge in [0.1, 0.15) is 0 Å². The Kier molecular flexibility index (Phi) is 4.07. The lowest BCUT2D eigenvalue weighted by Gasteiger charge is -2.11. The largest absolute Gasteiger partial charge is 0.393 e. The molecular formula is C15H26O. The number of hydrogen-bond acceptors (Lipinski definition) is 1. The van der Waals surface area contributed by atoms with Crippen LogP contribution < -0.4 is 0 Å². The minimum absolute atomic E-state index is 0.118. The molecule has 1 unspecified atom stereocenters. The van der Waals surface area contributed by atoms with E-state index in [2.05, 4.69) is 19.9 Å². The van der Waals surface area contributed by atoms with Crippen LogP contribution in [-0.2, 0) is 0 Å². The molecule has 2 aliphatic carbocycles. The maximum Gasteiger partial charge on any atom is 0.0577 e. The number of fused-ring (bicyclic) bond motifs is 1. The highest BCUT2D eigenvalue weighted by molar-refractivity contribution is 5.12. The standard InChI is InChI=1S/C15H26O/c1-11(2)8-15(16)7-6-12-9-13-4-3-5-14(13)10-12/h6,11,13-16H,3-5,7-10H2,1-2H3/t13-,14-,15?/m1/s1. The van der Waals surface area contributed by atoms with Crippen molar-refractivity contribution in [3.05, 3.63) is 11.6 Å². The second-order valence-corrected chi connectivity index (χ2v) is 6.24. The summed E-state index contributed by atoms with van der Waals surface area (Å²) < 4.78 is 0. The van der Waals surface area contributed by atoms with E-state index in [4.69, 9.17) is 0 Å². The highest BCUT2D eigenvalue weighted by atomic mass is 16.3. The van der Waals surface area contributed by atoms with E-state index in [9.17, 15) is 5.11 Å². The number of aliphatic hydroxyl groups excluding tert-OH is 1. The second-order valence-electron chi connectivity index (χ2n) is 6.24. The normalized spacial score (nSPS) is 30.9. The average molecular weight is 222 g/mol. The molecule has 0 amide bonds. The fourth-order valence-corrected chi connectivity index (χ4v) is 3.52. The van der Waals surface area contributed by atoms with Gasteiger partial charge in [0, 0.05) is 0 Å². The molecule has 0 aromatic carbocycles. The molecular weight excluding hydrogens is 196 g/mol. The quantitative estimate of drug-likeness (QED) is 0.715. The van der Waals surface area contributed by atoms with Gasteiger partial charge in [0.2, 0.25) is 0 Å². The van der Waals surface area contributed by atoms with E-state index in [0.29, 0.717) is 5.92 Å². The van der Waals surface area contributed by atoms with Gasteiger partial charge in [-0.2, -0.15) is 0 Å². The van der Waals surface area contributed by atoms with Gasteiger partial charge in [-0.15, -0.1) is 0 Å². The van der Waals surface area contributed by atoms with Gasteiger partial charge in [-0.25, -0.2) is 0 Å². The predicted octanol–water partition coefficient (Wildman–Crippen LogP) is 3.92. The van der Waals surface area contributed by atoms with Crippen molar-refractivity contribution in [3.63, 3.8) is 0 Å². The lowest BCUT2D eigenvalue weighted by Crippen LogP contribution is -2.08. The Bertz CT molecular complexity index is 240. The summed E-state index contributed by atoms with van der Waals surface area (Å²) in [6.45, 7) is 4.35. The molecule has 0 saturated heterocycles. The van der Waals surface area contributed by atoms with E-state index in [-0.39, 0.29) is 6.10 Å². The first-order valence-corrected chi connectivity index (χ1v) is 7.01. The minimum atomic E-state index is -0.118. The third-order valence-electron chi connectivity index (χ3n) is 4.29. The summed E-state index contributed by atoms with van der Waals surface area (Å²) in [6, 6.07) is 0. The summed E-state index contributed by atoms with van der Waals surface area (Å²) in [5.41, 5.74) is 1.64. The summed E-state index contributed by atoms with van der Waals surface area (Å²) in [7, 11) is 0. The molecule has 2 aliphatic rings. The molecule has 92 valence electrons. The molecule has 1 N–H and O–H groups in total. The Morgan fingerprint density at radius 1 is 1.25 bits per heavy atom. The molecule has 1 heteroatoms. The minimum Gasteiger partial charge on any atom is -0.393 e. The van der Waals surface area contributed by atoms with Crippen molar-refractivity contribution in [3.8, 4) is 0 Å². The van der Waals surface area contributed by atoms with E-state index in [0.717, 1.165) is 24.7 Å². The molecule has 0 aliphatic heterocycles. The monoisotopic (exact) mass is 222 g/mol. The summed E-state index contributed by atoms with van der Waals surface area (Å²) >= 11 is 0. The zero-order valence-corrected chi connectivity index (χ0v) is 10.8. The number of allylic oxidation sites excluding steroid dienone is 1. The van der Waals surface area contributed by atoms with Crippen LogP contribution in [0.2, 0.25) is 0 Å². The SMILES string of the molecule is CC(C)CC(O)CC=C1C[C@H]2CCC[C@@H]2C1. The van der Waals surface area contributed by atoms with E-state index in [1.807, 2.05) is 0 Å². The van der Waals surface area contributed by atoms with Crippen LogP contribution in [0.3, 0.4) is 0 Å². The van der Waals surface area contributed by atoms with Crippen LogP contribution in [0, 0.1) is 17.8 Å². The maximum absolute atomic E-state index is 9.84. The van der Waals surface area contributed by atoms with E-state index >= 15 is 0 Å². The van der Waals surface area contributed by atoms with Gasteiger partial charge in [-0.1, -0.05) is 31.9 Å². The van der Waals surface area contributed by atoms with Gasteiger partial charge in [0.15, 0.2) is 0 Å². The van der Waals surface area contributed by atoms with Gasteiger partial charge in [0.05, 0.1) is 6.10 Å². The van der Waals surface area contributed by atoms with Crippen LogP contribution in [0.15, 0.2) is 11.6 Å². The van der Waals surface area contributed by atoms with Gasteiger partial charge in [-0.3, -0.25) is 0 Å². The average Bonchev–Trinajstić information content (AvgIpc) is 2.72. The highest BCUT2D eigenvalue weighted by Crippen LogP contribution is 2.46. The molecule has 2 saturated carbocycles. The molecule has 3 atom stereocenters. The van der Waals surface area contributed by atoms with Gasteiger partial charge in [-0.05, 0) is 56.3 Å². The van der Waals surface area contributed by atoms with Crippen LogP contribution in [0.4, 0.5) is 0 Å². The van der Waals surface area contributed by atoms with Crippen molar-refractivity contribution < 1.29 is 5.11 Å². The third-order valence-corrected chi connectivity index (χ3v) is 4.29. The molecule has 0 aromatic heterocycles. The van der Waals surface area contributed by atoms with E-state index in [1.165, 1.54) is 32.1 Å². The second kappa shape index (κ2) is 5.35. The Balaban J connectivity index is 1.76. The summed E-state index contributed by atoms with van der Waals surface area (Å²) in [5.74, 6) is 2.60. The van der Waals surface area contributed by atoms with Gasteiger partial charge >= 0.3 is 0 Å². The Labute approximate surface area is 99.9 Å². The van der Waals surface area contributed by atoms with Crippen molar-refractivity contribution in [1.82, 2.24) is 0 Å². The molecule has 0 aromatic rings. The number of hydrogen-bond donors (Lipinski definition) is 1. The topological polar surface area (TPSA) is 20.2 Å². The lowest BCUT2D eigenvalue weighted by molar-refractivity contribution is 0.151. The van der Waals surface area contributed by atoms with Crippen molar-refractivity contribution >= 4 is 0 Å². The van der Waals surface area contributed by atoms with E-state index < -0.39 is 0 Å². The van der Waals surface area contributed by atoms with Crippen molar-refractivity contribution in [2.24, 2.45) is 17.8 Å². The Hall–Kier alpha value is -0.300. The molecule has 0 heterocycles. The van der Waals surface area contributed by atoms with Crippen LogP contribution in [0.1, 0.15) is 58.8 Å². The van der Waals surface area contributed by atoms with Crippen LogP contribution in [0.25, 0.3) is 0 Å². The first-order valence-electron chi connectivity index (χ1n) is 7.01. The Morgan fingerprint density at radius 3 is 2.44 bits per heavy atom. The molecule has 16 heavy (non-hydrogen) atoms. The molecule has 0 spiro atoms. The molecule has 2 fully saturated rings. The van der Waals surface area contributed by atoms with Gasteiger partial charge in [0.25, 0.3) is 0 Å². The van der Waals surface area contributed by atoms with Crippen molar-refractivity contribution in [1.29, 1.82) is 0 Å². The van der Waals surface area contributed by atoms with Crippen molar-refractivity contribution in [2.75, 3.05) is 0 Å². The first-order chi connectivity index (χ1) is 7.65. The molecule has 0 bridgehead atoms. The van der Waals surface area contributed by atoms with Crippen LogP contribution in [-0.4, -0.2) is 11.2 Å². The zero-order chi connectivity index (χ0) is 11.5. The number of aliphatic hydroxyl groups is 1. The Morgan fingerprint density at radius 2 is 1.88 bits per heavy atom. The summed E-state index contributed by atoms with van der Waals surface area (Å²) in [4.78, 5) is 0. The molecule has 0 radical (unpaired) electrons. The first kappa shape index (κ1) is 12.2. The highest BCUT2D eigenvalue weighted by Gasteiger charge is 2.33. The van der Waals surface area contributed by atoms with Crippen LogP contribution >= 0.6 is 0 Å². The fourth-order valence-electron chi connectivity index (χ4n) is 3.52. The summed E-state index contributed by atoms with van der Waals surface area (Å²) in [6.07, 6.45) is 11.1. The smallest absolute Gasteiger partial charge is 0.0577 e. The molecule has 2 rings (SSSR count). The van der Waals surface area contributed by atoms with Crippen LogP contribution in [0.5, 0.6) is 0 Å². The van der Waals surface area contributed by atoms with Gasteiger partial charge < -0.3 is 5.11 Å². The predicted molar refractivity (Wildman–Crippen MR) is 68.2 cm³/mol. The van der Waals surface area contributed by atoms with Crippen molar-refractivity contribution in [2.45, 2.75) is 64.9 Å². The molecule has 1 nitrogen and oxygen atoms in total. The lowest BCUT2D eigenvalue weighted by atomic mass is 10.0. The zero-order valence-electron chi connectivity index (χ0n) is 10.8. The summed E-state index contributed by atoms with van der Waals surface area (Å²) in [5, 5.41) is 9.84.